The molecule has 0 aliphatic rings. The van der Waals surface area contributed by atoms with E-state index in [0.717, 1.165) is 0 Å². The highest BCUT2D eigenvalue weighted by Crippen LogP contribution is 2.07. The summed E-state index contributed by atoms with van der Waals surface area (Å²) >= 11 is 0. The zero-order chi connectivity index (χ0) is 41.4. The van der Waals surface area contributed by atoms with Crippen LogP contribution in [0.5, 0.6) is 0 Å². The van der Waals surface area contributed by atoms with Gasteiger partial charge in [0.05, 0.1) is 19.0 Å². The molecular formula is C30H57N15O9. The average molecular weight is 772 g/mol. The number of hydrogen-bond acceptors (Lipinski definition) is 11. The van der Waals surface area contributed by atoms with Gasteiger partial charge < -0.3 is 76.9 Å². The standard InChI is InChI=1S/C30H57N15O9/c1-15(2)12-16(31)23(49)41-14-21(46)42-17(6-3-9-38-28(32)33)24(50)45-20(13-22(47)48)26(52)43-18(7-4-10-39-29(34)35)25(51)44-19(27(53)54)8-5-11-40-30(36)37/h15-20H,3-14,31H2,1-2H3,(H,41,49)(H,42,46)(H,43,52)(H,44,51)(H,45,50)(H,47,48)(H,53,54)(H4,32,33,38)(H4,34,35,39)(H4,36,37,40)/t16-,17-,18-,19-,20-/m0/s1. The Morgan fingerprint density at radius 2 is 0.963 bits per heavy atom. The Morgan fingerprint density at radius 3 is 1.37 bits per heavy atom. The fourth-order valence-electron chi connectivity index (χ4n) is 4.67. The molecule has 54 heavy (non-hydrogen) atoms. The van der Waals surface area contributed by atoms with Crippen LogP contribution in [0.3, 0.4) is 0 Å². The molecule has 0 aromatic rings. The Kier molecular flexibility index (Phi) is 23.1. The summed E-state index contributed by atoms with van der Waals surface area (Å²) < 4.78 is 0. The fourth-order valence-corrected chi connectivity index (χ4v) is 4.67. The number of nitrogens with two attached hydrogens (primary N) is 7. The van der Waals surface area contributed by atoms with E-state index in [4.69, 9.17) is 40.1 Å². The Morgan fingerprint density at radius 1 is 0.574 bits per heavy atom. The lowest BCUT2D eigenvalue weighted by Crippen LogP contribution is -2.58. The van der Waals surface area contributed by atoms with Gasteiger partial charge in [0.15, 0.2) is 17.9 Å². The van der Waals surface area contributed by atoms with Crippen molar-refractivity contribution in [3.05, 3.63) is 0 Å². The summed E-state index contributed by atoms with van der Waals surface area (Å²) in [6.45, 7) is 3.32. The van der Waals surface area contributed by atoms with E-state index < -0.39 is 84.6 Å². The van der Waals surface area contributed by atoms with Crippen LogP contribution in [0.15, 0.2) is 15.0 Å². The quantitative estimate of drug-likeness (QED) is 0.0210. The molecule has 0 saturated heterocycles. The predicted molar refractivity (Wildman–Crippen MR) is 198 cm³/mol. The second-order valence-electron chi connectivity index (χ2n) is 12.5. The minimum atomic E-state index is -1.79. The van der Waals surface area contributed by atoms with Gasteiger partial charge in [-0.1, -0.05) is 13.8 Å². The zero-order valence-electron chi connectivity index (χ0n) is 30.6. The van der Waals surface area contributed by atoms with Crippen LogP contribution < -0.4 is 66.7 Å². The van der Waals surface area contributed by atoms with Crippen molar-refractivity contribution in [1.29, 1.82) is 0 Å². The summed E-state index contributed by atoms with van der Waals surface area (Å²) in [6, 6.07) is -6.90. The number of guanidine groups is 3. The topological polar surface area (TPSA) is 439 Å². The van der Waals surface area contributed by atoms with E-state index in [1.807, 2.05) is 13.8 Å². The van der Waals surface area contributed by atoms with Gasteiger partial charge in [-0.05, 0) is 50.9 Å². The number of nitrogens with one attached hydrogen (secondary N) is 5. The molecule has 0 rings (SSSR count). The zero-order valence-corrected chi connectivity index (χ0v) is 30.6. The van der Waals surface area contributed by atoms with Gasteiger partial charge in [0.2, 0.25) is 29.5 Å². The number of carbonyl (C=O) groups excluding carboxylic acids is 5. The molecule has 0 bridgehead atoms. The first-order valence-electron chi connectivity index (χ1n) is 17.1. The number of amides is 5. The molecule has 0 saturated carbocycles. The molecule has 24 heteroatoms. The lowest BCUT2D eigenvalue weighted by Gasteiger charge is -2.25. The average Bonchev–Trinajstić information content (AvgIpc) is 3.06. The first-order valence-corrected chi connectivity index (χ1v) is 17.1. The molecule has 0 aromatic heterocycles. The summed E-state index contributed by atoms with van der Waals surface area (Å²) in [6.07, 6.45) is -0.495. The molecule has 0 radical (unpaired) electrons. The van der Waals surface area contributed by atoms with Crippen LogP contribution in [0, 0.1) is 5.92 Å². The number of rotatable bonds is 27. The second kappa shape index (κ2) is 25.9. The van der Waals surface area contributed by atoms with Crippen LogP contribution in [0.1, 0.15) is 65.2 Å². The molecule has 0 aromatic carbocycles. The predicted octanol–water partition coefficient (Wildman–Crippen LogP) is -5.86. The van der Waals surface area contributed by atoms with Gasteiger partial charge in [-0.15, -0.1) is 0 Å². The van der Waals surface area contributed by atoms with Crippen molar-refractivity contribution in [2.75, 3.05) is 26.2 Å². The Hall–Kier alpha value is -5.94. The third-order valence-electron chi connectivity index (χ3n) is 7.23. The lowest BCUT2D eigenvalue weighted by atomic mass is 10.0. The van der Waals surface area contributed by atoms with E-state index in [1.54, 1.807) is 0 Å². The third-order valence-corrected chi connectivity index (χ3v) is 7.23. The molecule has 0 heterocycles. The molecule has 21 N–H and O–H groups in total. The van der Waals surface area contributed by atoms with Gasteiger partial charge in [-0.25, -0.2) is 4.79 Å². The van der Waals surface area contributed by atoms with Crippen LogP contribution in [-0.2, 0) is 33.6 Å². The molecule has 0 aliphatic carbocycles. The molecule has 306 valence electrons. The number of aliphatic imine (C=N–C) groups is 3. The van der Waals surface area contributed by atoms with Crippen molar-refractivity contribution >= 4 is 59.4 Å². The number of nitrogens with zero attached hydrogens (tertiary/aromatic N) is 3. The van der Waals surface area contributed by atoms with E-state index in [2.05, 4.69) is 41.6 Å². The van der Waals surface area contributed by atoms with Crippen molar-refractivity contribution in [3.8, 4) is 0 Å². The summed E-state index contributed by atoms with van der Waals surface area (Å²) in [7, 11) is 0. The van der Waals surface area contributed by atoms with Gasteiger partial charge in [0.25, 0.3) is 0 Å². The first-order chi connectivity index (χ1) is 25.2. The molecular weight excluding hydrogens is 714 g/mol. The van der Waals surface area contributed by atoms with Crippen LogP contribution in [0.2, 0.25) is 0 Å². The number of carboxylic acid groups (broad SMARTS) is 2. The van der Waals surface area contributed by atoms with Crippen LogP contribution in [0.4, 0.5) is 0 Å². The largest absolute Gasteiger partial charge is 0.481 e. The number of carboxylic acids is 2. The fraction of sp³-hybridized carbons (Fsp3) is 0.667. The van der Waals surface area contributed by atoms with Gasteiger partial charge in [-0.2, -0.15) is 0 Å². The maximum Gasteiger partial charge on any atom is 0.326 e. The SMILES string of the molecule is CC(C)C[C@H](N)C(=O)NCC(=O)N[C@@H](CCCN=C(N)N)C(=O)N[C@@H](CC(=O)O)C(=O)N[C@@H](CCCN=C(N)N)C(=O)N[C@@H](CCCN=C(N)N)C(=O)O. The Balaban J connectivity index is 6.11. The lowest BCUT2D eigenvalue weighted by molar-refractivity contribution is -0.143. The van der Waals surface area contributed by atoms with Gasteiger partial charge >= 0.3 is 11.9 Å². The molecule has 24 nitrogen and oxygen atoms in total. The molecule has 0 unspecified atom stereocenters. The Bertz CT molecular complexity index is 1360. The van der Waals surface area contributed by atoms with Gasteiger partial charge in [0, 0.05) is 19.6 Å². The highest BCUT2D eigenvalue weighted by molar-refractivity contribution is 5.97. The molecule has 0 spiro atoms. The summed E-state index contributed by atoms with van der Waals surface area (Å²) in [5.74, 6) is -7.91. The summed E-state index contributed by atoms with van der Waals surface area (Å²) in [4.78, 5) is 100. The van der Waals surface area contributed by atoms with E-state index in [9.17, 15) is 43.8 Å². The van der Waals surface area contributed by atoms with Gasteiger partial charge in [-0.3, -0.25) is 43.7 Å². The smallest absolute Gasteiger partial charge is 0.326 e. The normalized spacial score (nSPS) is 13.4. The minimum Gasteiger partial charge on any atom is -0.481 e. The number of hydrogen-bond donors (Lipinski definition) is 14. The monoisotopic (exact) mass is 771 g/mol. The minimum absolute atomic E-state index is 0.0174. The molecule has 0 fully saturated rings. The Labute approximate surface area is 312 Å². The van der Waals surface area contributed by atoms with Crippen molar-refractivity contribution in [2.24, 2.45) is 61.0 Å². The maximum atomic E-state index is 13.5. The van der Waals surface area contributed by atoms with Gasteiger partial charge in [0.1, 0.15) is 24.2 Å². The van der Waals surface area contributed by atoms with E-state index in [1.165, 1.54) is 0 Å². The third kappa shape index (κ3) is 22.8. The number of carbonyl (C=O) groups is 7. The summed E-state index contributed by atoms with van der Waals surface area (Å²) in [5.41, 5.74) is 37.8. The van der Waals surface area contributed by atoms with Crippen molar-refractivity contribution in [1.82, 2.24) is 26.6 Å². The molecule has 0 aliphatic heterocycles. The molecule has 5 amide bonds. The van der Waals surface area contributed by atoms with Crippen molar-refractivity contribution in [3.63, 3.8) is 0 Å². The molecule has 5 atom stereocenters. The second-order valence-corrected chi connectivity index (χ2v) is 12.5. The number of aliphatic carboxylic acids is 2. The van der Waals surface area contributed by atoms with Crippen LogP contribution in [-0.4, -0.2) is 126 Å². The van der Waals surface area contributed by atoms with E-state index >= 15 is 0 Å². The van der Waals surface area contributed by atoms with E-state index in [0.29, 0.717) is 6.42 Å². The van der Waals surface area contributed by atoms with E-state index in [-0.39, 0.29) is 82.0 Å². The highest BCUT2D eigenvalue weighted by atomic mass is 16.4. The maximum absolute atomic E-state index is 13.5. The highest BCUT2D eigenvalue weighted by Gasteiger charge is 2.32. The first kappa shape index (κ1) is 48.1. The van der Waals surface area contributed by atoms with Crippen LogP contribution in [0.25, 0.3) is 0 Å². The van der Waals surface area contributed by atoms with Crippen LogP contribution >= 0.6 is 0 Å². The van der Waals surface area contributed by atoms with Crippen molar-refractivity contribution in [2.45, 2.75) is 95.4 Å². The van der Waals surface area contributed by atoms with Crippen molar-refractivity contribution < 1.29 is 43.8 Å². The summed E-state index contributed by atoms with van der Waals surface area (Å²) in [5, 5.41) is 31.0.